The van der Waals surface area contributed by atoms with Crippen LogP contribution in [0, 0.1) is 0 Å². The van der Waals surface area contributed by atoms with Gasteiger partial charge in [0.15, 0.2) is 5.82 Å². The summed E-state index contributed by atoms with van der Waals surface area (Å²) in [6.07, 6.45) is 7.57. The minimum absolute atomic E-state index is 0.0551. The first kappa shape index (κ1) is 22.0. The Morgan fingerprint density at radius 1 is 1.03 bits per heavy atom. The molecule has 0 bridgehead atoms. The first-order chi connectivity index (χ1) is 15.6. The standard InChI is InChI=1S/C23H26ClN7O/c1-3-5-6-7-20-21(24)30(4-2)23(32)31(20)15-16-8-10-17(11-9-16)19-14-25-13-12-18(19)22-26-28-29-27-22/h8-14H,3-7,15H2,1-2H3,(H,26,27,28,29). The van der Waals surface area contributed by atoms with Crippen molar-refractivity contribution in [2.45, 2.75) is 52.6 Å². The van der Waals surface area contributed by atoms with E-state index in [0.29, 0.717) is 24.1 Å². The van der Waals surface area contributed by atoms with Crippen LogP contribution in [0.3, 0.4) is 0 Å². The van der Waals surface area contributed by atoms with Gasteiger partial charge in [0.05, 0.1) is 12.2 Å². The van der Waals surface area contributed by atoms with Crippen LogP contribution in [-0.2, 0) is 19.5 Å². The SMILES string of the molecule is CCCCCc1c(Cl)n(CC)c(=O)n1Cc1ccc(-c2cnccc2-c2nnn[nH]2)cc1. The van der Waals surface area contributed by atoms with Gasteiger partial charge in [-0.1, -0.05) is 55.6 Å². The molecule has 32 heavy (non-hydrogen) atoms. The molecule has 166 valence electrons. The highest BCUT2D eigenvalue weighted by Gasteiger charge is 2.18. The van der Waals surface area contributed by atoms with Crippen LogP contribution in [0.25, 0.3) is 22.5 Å². The summed E-state index contributed by atoms with van der Waals surface area (Å²) in [6, 6.07) is 10.00. The molecule has 3 aromatic heterocycles. The number of nitrogens with zero attached hydrogens (tertiary/aromatic N) is 6. The predicted octanol–water partition coefficient (Wildman–Crippen LogP) is 4.35. The molecule has 0 saturated heterocycles. The maximum absolute atomic E-state index is 13.0. The minimum atomic E-state index is -0.0551. The third-order valence-electron chi connectivity index (χ3n) is 5.62. The van der Waals surface area contributed by atoms with Gasteiger partial charge in [-0.3, -0.25) is 14.1 Å². The third kappa shape index (κ3) is 4.36. The summed E-state index contributed by atoms with van der Waals surface area (Å²) in [5.74, 6) is 0.588. The van der Waals surface area contributed by atoms with Crippen molar-refractivity contribution in [1.29, 1.82) is 0 Å². The third-order valence-corrected chi connectivity index (χ3v) is 6.05. The van der Waals surface area contributed by atoms with Crippen molar-refractivity contribution in [1.82, 2.24) is 34.7 Å². The average Bonchev–Trinajstić information content (AvgIpc) is 3.43. The van der Waals surface area contributed by atoms with Gasteiger partial charge < -0.3 is 0 Å². The highest BCUT2D eigenvalue weighted by Crippen LogP contribution is 2.29. The largest absolute Gasteiger partial charge is 0.329 e. The fourth-order valence-electron chi connectivity index (χ4n) is 3.91. The van der Waals surface area contributed by atoms with E-state index >= 15 is 0 Å². The molecule has 0 atom stereocenters. The van der Waals surface area contributed by atoms with Crippen LogP contribution >= 0.6 is 11.6 Å². The maximum atomic E-state index is 13.0. The van der Waals surface area contributed by atoms with E-state index in [0.717, 1.165) is 53.6 Å². The number of unbranched alkanes of at least 4 members (excludes halogenated alkanes) is 2. The molecule has 0 unspecified atom stereocenters. The Bertz CT molecular complexity index is 1230. The second kappa shape index (κ2) is 9.91. The normalized spacial score (nSPS) is 11.2. The molecule has 3 heterocycles. The molecule has 4 aromatic rings. The lowest BCUT2D eigenvalue weighted by Crippen LogP contribution is -2.25. The number of halogens is 1. The van der Waals surface area contributed by atoms with Crippen molar-refractivity contribution in [3.63, 3.8) is 0 Å². The second-order valence-electron chi connectivity index (χ2n) is 7.68. The number of benzene rings is 1. The Balaban J connectivity index is 1.63. The Hall–Kier alpha value is -3.26. The quantitative estimate of drug-likeness (QED) is 0.382. The van der Waals surface area contributed by atoms with Crippen molar-refractivity contribution >= 4 is 11.6 Å². The average molecular weight is 452 g/mol. The molecule has 0 aliphatic carbocycles. The fraction of sp³-hybridized carbons (Fsp3) is 0.348. The van der Waals surface area contributed by atoms with Crippen molar-refractivity contribution in [2.24, 2.45) is 0 Å². The molecule has 8 nitrogen and oxygen atoms in total. The summed E-state index contributed by atoms with van der Waals surface area (Å²) in [7, 11) is 0. The molecule has 0 spiro atoms. The van der Waals surface area contributed by atoms with Gasteiger partial charge in [0.25, 0.3) is 0 Å². The van der Waals surface area contributed by atoms with E-state index in [1.807, 2.05) is 41.8 Å². The number of imidazole rings is 1. The first-order valence-corrected chi connectivity index (χ1v) is 11.3. The topological polar surface area (TPSA) is 94.3 Å². The van der Waals surface area contributed by atoms with E-state index in [9.17, 15) is 4.79 Å². The molecule has 0 radical (unpaired) electrons. The van der Waals surface area contributed by atoms with Crippen LogP contribution in [0.15, 0.2) is 47.5 Å². The van der Waals surface area contributed by atoms with E-state index in [1.54, 1.807) is 17.0 Å². The number of hydrogen-bond acceptors (Lipinski definition) is 5. The molecule has 0 aliphatic rings. The molecular weight excluding hydrogens is 426 g/mol. The van der Waals surface area contributed by atoms with Crippen LogP contribution in [0.1, 0.15) is 44.4 Å². The molecule has 0 saturated carbocycles. The molecule has 0 aliphatic heterocycles. The zero-order chi connectivity index (χ0) is 22.5. The maximum Gasteiger partial charge on any atom is 0.329 e. The van der Waals surface area contributed by atoms with E-state index in [4.69, 9.17) is 11.6 Å². The van der Waals surface area contributed by atoms with E-state index in [1.165, 1.54) is 0 Å². The zero-order valence-corrected chi connectivity index (χ0v) is 19.0. The highest BCUT2D eigenvalue weighted by molar-refractivity contribution is 6.30. The van der Waals surface area contributed by atoms with E-state index in [2.05, 4.69) is 32.5 Å². The van der Waals surface area contributed by atoms with Crippen molar-refractivity contribution < 1.29 is 0 Å². The molecule has 1 aromatic carbocycles. The molecule has 0 amide bonds. The van der Waals surface area contributed by atoms with Crippen LogP contribution in [0.2, 0.25) is 5.15 Å². The molecule has 9 heteroatoms. The van der Waals surface area contributed by atoms with Gasteiger partial charge in [0.1, 0.15) is 5.15 Å². The summed E-state index contributed by atoms with van der Waals surface area (Å²) >= 11 is 6.57. The van der Waals surface area contributed by atoms with Gasteiger partial charge in [-0.15, -0.1) is 5.10 Å². The summed E-state index contributed by atoms with van der Waals surface area (Å²) in [5, 5.41) is 14.7. The minimum Gasteiger partial charge on any atom is -0.290 e. The number of nitrogens with one attached hydrogen (secondary N) is 1. The number of hydrogen-bond donors (Lipinski definition) is 1. The molecule has 0 fully saturated rings. The van der Waals surface area contributed by atoms with Crippen molar-refractivity contribution in [2.75, 3.05) is 0 Å². The van der Waals surface area contributed by atoms with E-state index in [-0.39, 0.29) is 5.69 Å². The smallest absolute Gasteiger partial charge is 0.290 e. The highest BCUT2D eigenvalue weighted by atomic mass is 35.5. The lowest BCUT2D eigenvalue weighted by molar-refractivity contribution is 0.638. The predicted molar refractivity (Wildman–Crippen MR) is 125 cm³/mol. The van der Waals surface area contributed by atoms with Crippen LogP contribution in [0.4, 0.5) is 0 Å². The summed E-state index contributed by atoms with van der Waals surface area (Å²) in [4.78, 5) is 17.2. The van der Waals surface area contributed by atoms with Gasteiger partial charge in [0, 0.05) is 30.1 Å². The fourth-order valence-corrected chi connectivity index (χ4v) is 4.29. The number of rotatable bonds is 9. The number of H-pyrrole nitrogens is 1. The number of aromatic amines is 1. The summed E-state index contributed by atoms with van der Waals surface area (Å²) in [6.45, 7) is 5.15. The van der Waals surface area contributed by atoms with Gasteiger partial charge in [0.2, 0.25) is 0 Å². The Morgan fingerprint density at radius 2 is 1.84 bits per heavy atom. The number of tetrazole rings is 1. The number of pyridine rings is 1. The van der Waals surface area contributed by atoms with Crippen molar-refractivity contribution in [3.8, 4) is 22.5 Å². The van der Waals surface area contributed by atoms with Gasteiger partial charge in [-0.2, -0.15) is 0 Å². The lowest BCUT2D eigenvalue weighted by Gasteiger charge is -2.10. The summed E-state index contributed by atoms with van der Waals surface area (Å²) in [5.41, 5.74) is 4.69. The molecule has 4 rings (SSSR count). The zero-order valence-electron chi connectivity index (χ0n) is 18.3. The van der Waals surface area contributed by atoms with Crippen LogP contribution in [-0.4, -0.2) is 34.7 Å². The molecule has 1 N–H and O–H groups in total. The van der Waals surface area contributed by atoms with Crippen LogP contribution < -0.4 is 5.69 Å². The first-order valence-electron chi connectivity index (χ1n) is 10.9. The Kier molecular flexibility index (Phi) is 6.80. The lowest BCUT2D eigenvalue weighted by atomic mass is 10.0. The Morgan fingerprint density at radius 3 is 2.53 bits per heavy atom. The van der Waals surface area contributed by atoms with Gasteiger partial charge in [-0.05, 0) is 47.4 Å². The van der Waals surface area contributed by atoms with Gasteiger partial charge >= 0.3 is 5.69 Å². The summed E-state index contributed by atoms with van der Waals surface area (Å²) < 4.78 is 3.46. The van der Waals surface area contributed by atoms with Gasteiger partial charge in [-0.25, -0.2) is 9.89 Å². The van der Waals surface area contributed by atoms with E-state index < -0.39 is 0 Å². The van der Waals surface area contributed by atoms with Crippen molar-refractivity contribution in [3.05, 3.63) is 69.6 Å². The number of aromatic nitrogens is 7. The Labute approximate surface area is 191 Å². The monoisotopic (exact) mass is 451 g/mol. The van der Waals surface area contributed by atoms with Crippen LogP contribution in [0.5, 0.6) is 0 Å². The second-order valence-corrected chi connectivity index (χ2v) is 8.03. The molecular formula is C23H26ClN7O.